The summed E-state index contributed by atoms with van der Waals surface area (Å²) < 4.78 is 22.4. The average molecular weight is 252 g/mol. The van der Waals surface area contributed by atoms with Crippen molar-refractivity contribution in [2.45, 2.75) is 6.42 Å². The molecule has 0 spiro atoms. The van der Waals surface area contributed by atoms with Gasteiger partial charge in [-0.15, -0.1) is 0 Å². The summed E-state index contributed by atoms with van der Waals surface area (Å²) in [5, 5.41) is 0. The lowest BCUT2D eigenvalue weighted by Gasteiger charge is -2.05. The number of benzene rings is 1. The highest BCUT2D eigenvalue weighted by Gasteiger charge is 2.15. The van der Waals surface area contributed by atoms with Gasteiger partial charge in [-0.2, -0.15) is 0 Å². The highest BCUT2D eigenvalue weighted by Crippen LogP contribution is 2.15. The van der Waals surface area contributed by atoms with E-state index in [-0.39, 0.29) is 17.6 Å². The monoisotopic (exact) mass is 252 g/mol. The fourth-order valence-corrected chi connectivity index (χ4v) is 1.32. The molecule has 0 aliphatic rings. The summed E-state index contributed by atoms with van der Waals surface area (Å²) in [6.07, 6.45) is 1.01. The summed E-state index contributed by atoms with van der Waals surface area (Å²) in [4.78, 5) is 22.6. The molecule has 4 nitrogen and oxygen atoms in total. The van der Waals surface area contributed by atoms with Crippen molar-refractivity contribution in [1.82, 2.24) is 0 Å². The van der Waals surface area contributed by atoms with Crippen LogP contribution in [-0.2, 0) is 19.1 Å². The van der Waals surface area contributed by atoms with Gasteiger partial charge in [-0.1, -0.05) is 18.2 Å². The Morgan fingerprint density at radius 1 is 1.22 bits per heavy atom. The van der Waals surface area contributed by atoms with Gasteiger partial charge in [-0.05, 0) is 12.1 Å². The number of methoxy groups -OCH3 is 2. The molecule has 1 rings (SSSR count). The molecule has 0 bridgehead atoms. The van der Waals surface area contributed by atoms with E-state index in [1.54, 1.807) is 6.07 Å². The topological polar surface area (TPSA) is 52.6 Å². The fourth-order valence-electron chi connectivity index (χ4n) is 1.32. The van der Waals surface area contributed by atoms with E-state index in [1.807, 2.05) is 0 Å². The van der Waals surface area contributed by atoms with Gasteiger partial charge in [-0.3, -0.25) is 4.79 Å². The predicted molar refractivity (Wildman–Crippen MR) is 63.0 cm³/mol. The third-order valence-corrected chi connectivity index (χ3v) is 2.24. The number of halogens is 1. The van der Waals surface area contributed by atoms with Gasteiger partial charge in [0.25, 0.3) is 0 Å². The first-order chi connectivity index (χ1) is 8.58. The minimum absolute atomic E-state index is 0.0365. The Morgan fingerprint density at radius 2 is 1.89 bits per heavy atom. The molecule has 0 N–H and O–H groups in total. The Kier molecular flexibility index (Phi) is 5.05. The van der Waals surface area contributed by atoms with Crippen LogP contribution in [0.1, 0.15) is 12.0 Å². The minimum Gasteiger partial charge on any atom is -0.469 e. The van der Waals surface area contributed by atoms with Crippen LogP contribution in [0.25, 0.3) is 6.08 Å². The zero-order valence-electron chi connectivity index (χ0n) is 10.1. The molecule has 0 radical (unpaired) electrons. The van der Waals surface area contributed by atoms with Gasteiger partial charge in [-0.25, -0.2) is 9.18 Å². The zero-order chi connectivity index (χ0) is 13.5. The normalized spacial score (nSPS) is 10.9. The van der Waals surface area contributed by atoms with E-state index in [0.29, 0.717) is 0 Å². The van der Waals surface area contributed by atoms with Crippen molar-refractivity contribution in [2.24, 2.45) is 0 Å². The number of rotatable bonds is 4. The van der Waals surface area contributed by atoms with Crippen LogP contribution >= 0.6 is 0 Å². The summed E-state index contributed by atoms with van der Waals surface area (Å²) >= 11 is 0. The first-order valence-corrected chi connectivity index (χ1v) is 5.18. The van der Waals surface area contributed by atoms with E-state index in [4.69, 9.17) is 0 Å². The molecular formula is C13H13FO4. The molecule has 0 aliphatic carbocycles. The molecule has 0 saturated heterocycles. The molecule has 0 unspecified atom stereocenters. The maximum Gasteiger partial charge on any atom is 0.334 e. The standard InChI is InChI=1S/C13H13FO4/c1-17-12(15)8-10(13(16)18-2)7-9-5-3-4-6-11(9)14/h3-7H,8H2,1-2H3/b10-7-. The summed E-state index contributed by atoms with van der Waals surface area (Å²) in [7, 11) is 2.40. The predicted octanol–water partition coefficient (Wildman–Crippen LogP) is 1.95. The van der Waals surface area contributed by atoms with E-state index < -0.39 is 17.8 Å². The lowest BCUT2D eigenvalue weighted by atomic mass is 10.1. The maximum atomic E-state index is 13.4. The van der Waals surface area contributed by atoms with E-state index in [0.717, 1.165) is 0 Å². The van der Waals surface area contributed by atoms with Crippen LogP contribution in [0.15, 0.2) is 29.8 Å². The molecular weight excluding hydrogens is 239 g/mol. The van der Waals surface area contributed by atoms with Crippen LogP contribution in [-0.4, -0.2) is 26.2 Å². The lowest BCUT2D eigenvalue weighted by molar-refractivity contribution is -0.143. The van der Waals surface area contributed by atoms with Crippen LogP contribution in [0.4, 0.5) is 4.39 Å². The van der Waals surface area contributed by atoms with Crippen molar-refractivity contribution >= 4 is 18.0 Å². The summed E-state index contributed by atoms with van der Waals surface area (Å²) in [6.45, 7) is 0. The van der Waals surface area contributed by atoms with Crippen molar-refractivity contribution in [1.29, 1.82) is 0 Å². The van der Waals surface area contributed by atoms with Crippen LogP contribution in [0.3, 0.4) is 0 Å². The molecule has 5 heteroatoms. The van der Waals surface area contributed by atoms with Crippen molar-refractivity contribution in [3.05, 3.63) is 41.2 Å². The Bertz CT molecular complexity index is 480. The highest BCUT2D eigenvalue weighted by molar-refractivity contribution is 5.98. The number of carbonyl (C=O) groups is 2. The molecule has 0 atom stereocenters. The molecule has 0 heterocycles. The first kappa shape index (κ1) is 13.9. The number of carbonyl (C=O) groups excluding carboxylic acids is 2. The molecule has 0 saturated carbocycles. The molecule has 1 aromatic carbocycles. The Labute approximate surface area is 104 Å². The number of hydrogen-bond donors (Lipinski definition) is 0. The summed E-state index contributed by atoms with van der Waals surface area (Å²) in [5.74, 6) is -1.77. The van der Waals surface area contributed by atoms with Gasteiger partial charge in [0, 0.05) is 11.1 Å². The summed E-state index contributed by atoms with van der Waals surface area (Å²) in [5.41, 5.74) is 0.247. The molecule has 1 aromatic rings. The fraction of sp³-hybridized carbons (Fsp3) is 0.231. The Balaban J connectivity index is 3.06. The van der Waals surface area contributed by atoms with E-state index in [9.17, 15) is 14.0 Å². The van der Waals surface area contributed by atoms with Crippen LogP contribution in [0, 0.1) is 5.82 Å². The number of hydrogen-bond acceptors (Lipinski definition) is 4. The van der Waals surface area contributed by atoms with Gasteiger partial charge in [0.15, 0.2) is 0 Å². The van der Waals surface area contributed by atoms with Crippen molar-refractivity contribution < 1.29 is 23.5 Å². The van der Waals surface area contributed by atoms with Gasteiger partial charge in [0.05, 0.1) is 20.6 Å². The molecule has 18 heavy (non-hydrogen) atoms. The van der Waals surface area contributed by atoms with Gasteiger partial charge >= 0.3 is 11.9 Å². The SMILES string of the molecule is COC(=O)C/C(=C/c1ccccc1F)C(=O)OC. The molecule has 0 aromatic heterocycles. The minimum atomic E-state index is -0.691. The van der Waals surface area contributed by atoms with Gasteiger partial charge < -0.3 is 9.47 Å². The first-order valence-electron chi connectivity index (χ1n) is 5.18. The van der Waals surface area contributed by atoms with Crippen molar-refractivity contribution in [3.63, 3.8) is 0 Å². The number of esters is 2. The van der Waals surface area contributed by atoms with E-state index >= 15 is 0 Å². The molecule has 0 amide bonds. The smallest absolute Gasteiger partial charge is 0.334 e. The van der Waals surface area contributed by atoms with Crippen molar-refractivity contribution in [2.75, 3.05) is 14.2 Å². The van der Waals surface area contributed by atoms with Gasteiger partial charge in [0.1, 0.15) is 5.82 Å². The third kappa shape index (κ3) is 3.69. The van der Waals surface area contributed by atoms with Crippen molar-refractivity contribution in [3.8, 4) is 0 Å². The second-order valence-electron chi connectivity index (χ2n) is 3.44. The second kappa shape index (κ2) is 6.54. The van der Waals surface area contributed by atoms with E-state index in [2.05, 4.69) is 9.47 Å². The summed E-state index contributed by atoms with van der Waals surface area (Å²) in [6, 6.07) is 5.92. The number of ether oxygens (including phenoxy) is 2. The average Bonchev–Trinajstić information content (AvgIpc) is 2.39. The molecule has 0 aliphatic heterocycles. The highest BCUT2D eigenvalue weighted by atomic mass is 19.1. The maximum absolute atomic E-state index is 13.4. The Morgan fingerprint density at radius 3 is 2.44 bits per heavy atom. The quantitative estimate of drug-likeness (QED) is 0.607. The zero-order valence-corrected chi connectivity index (χ0v) is 10.1. The van der Waals surface area contributed by atoms with Crippen LogP contribution < -0.4 is 0 Å². The largest absolute Gasteiger partial charge is 0.469 e. The molecule has 96 valence electrons. The van der Waals surface area contributed by atoms with Gasteiger partial charge in [0.2, 0.25) is 0 Å². The lowest BCUT2D eigenvalue weighted by Crippen LogP contribution is -2.11. The van der Waals surface area contributed by atoms with E-state index in [1.165, 1.54) is 38.5 Å². The van der Waals surface area contributed by atoms with Crippen LogP contribution in [0.5, 0.6) is 0 Å². The van der Waals surface area contributed by atoms with Crippen LogP contribution in [0.2, 0.25) is 0 Å². The second-order valence-corrected chi connectivity index (χ2v) is 3.44. The molecule has 0 fully saturated rings. The Hall–Kier alpha value is -2.17. The third-order valence-electron chi connectivity index (χ3n) is 2.24.